The van der Waals surface area contributed by atoms with E-state index in [0.717, 1.165) is 49.7 Å². The number of piperidine rings is 1. The fraction of sp³-hybridized carbons (Fsp3) is 0.579. The molecule has 1 saturated heterocycles. The molecule has 2 aliphatic heterocycles. The fourth-order valence-corrected chi connectivity index (χ4v) is 5.48. The Morgan fingerprint density at radius 1 is 1.14 bits per heavy atom. The van der Waals surface area contributed by atoms with Crippen molar-refractivity contribution in [2.24, 2.45) is 0 Å². The van der Waals surface area contributed by atoms with Gasteiger partial charge in [-0.15, -0.1) is 22.6 Å². The van der Waals surface area contributed by atoms with Crippen molar-refractivity contribution in [1.82, 2.24) is 24.4 Å². The third-order valence-electron chi connectivity index (χ3n) is 5.63. The third-order valence-corrected chi connectivity index (χ3v) is 7.53. The Morgan fingerprint density at radius 3 is 2.61 bits per heavy atom. The van der Waals surface area contributed by atoms with Crippen LogP contribution in [0.15, 0.2) is 29.2 Å². The molecule has 0 unspecified atom stereocenters. The molecule has 1 aromatic heterocycles. The van der Waals surface area contributed by atoms with Crippen LogP contribution in [-0.4, -0.2) is 47.1 Å². The monoisotopic (exact) mass is 425 g/mol. The van der Waals surface area contributed by atoms with E-state index >= 15 is 0 Å². The van der Waals surface area contributed by atoms with E-state index in [4.69, 9.17) is 0 Å². The lowest BCUT2D eigenvalue weighted by Gasteiger charge is -2.31. The summed E-state index contributed by atoms with van der Waals surface area (Å²) in [5.74, 6) is 2.58. The number of nitrogens with one attached hydrogen (secondary N) is 1. The lowest BCUT2D eigenvalue weighted by atomic mass is 9.97. The summed E-state index contributed by atoms with van der Waals surface area (Å²) in [6.07, 6.45) is 1.57. The molecule has 0 atom stereocenters. The standard InChI is InChI=1S/C19H27N5O2S.ClH/c1-14(2)16-4-3-5-17(12-16)27(25,26)23-9-6-15(7-10-23)19-22-21-18-13-20-8-11-24(18)19;/h3-5,12,14-15,20H,6-11,13H2,1-2H3;1H. The van der Waals surface area contributed by atoms with E-state index < -0.39 is 10.0 Å². The van der Waals surface area contributed by atoms with E-state index in [0.29, 0.717) is 23.9 Å². The van der Waals surface area contributed by atoms with Gasteiger partial charge in [-0.05, 0) is 36.5 Å². The number of halogens is 1. The molecule has 1 aromatic carbocycles. The lowest BCUT2D eigenvalue weighted by molar-refractivity contribution is 0.307. The molecule has 154 valence electrons. The summed E-state index contributed by atoms with van der Waals surface area (Å²) in [7, 11) is -3.45. The van der Waals surface area contributed by atoms with Crippen molar-refractivity contribution in [1.29, 1.82) is 0 Å². The molecule has 0 radical (unpaired) electrons. The summed E-state index contributed by atoms with van der Waals surface area (Å²) < 4.78 is 30.0. The van der Waals surface area contributed by atoms with Gasteiger partial charge in [-0.1, -0.05) is 26.0 Å². The van der Waals surface area contributed by atoms with Crippen LogP contribution in [0, 0.1) is 0 Å². The largest absolute Gasteiger partial charge is 0.312 e. The minimum absolute atomic E-state index is 0. The number of aromatic nitrogens is 3. The predicted octanol–water partition coefficient (Wildman–Crippen LogP) is 2.49. The second-order valence-electron chi connectivity index (χ2n) is 7.71. The van der Waals surface area contributed by atoms with Gasteiger partial charge in [0, 0.05) is 32.1 Å². The second-order valence-corrected chi connectivity index (χ2v) is 9.65. The number of fused-ring (bicyclic) bond motifs is 1. The van der Waals surface area contributed by atoms with E-state index in [-0.39, 0.29) is 18.3 Å². The maximum absolute atomic E-state index is 13.1. The number of sulfonamides is 1. The zero-order chi connectivity index (χ0) is 19.0. The van der Waals surface area contributed by atoms with Gasteiger partial charge in [0.1, 0.15) is 11.6 Å². The van der Waals surface area contributed by atoms with Crippen molar-refractivity contribution < 1.29 is 8.42 Å². The van der Waals surface area contributed by atoms with Crippen LogP contribution in [0.1, 0.15) is 55.7 Å². The Hall–Kier alpha value is -1.48. The topological polar surface area (TPSA) is 80.1 Å². The first-order valence-corrected chi connectivity index (χ1v) is 11.1. The van der Waals surface area contributed by atoms with Gasteiger partial charge in [-0.25, -0.2) is 8.42 Å². The molecule has 0 saturated carbocycles. The Bertz CT molecular complexity index is 920. The predicted molar refractivity (Wildman–Crippen MR) is 110 cm³/mol. The van der Waals surface area contributed by atoms with Crippen molar-refractivity contribution in [3.05, 3.63) is 41.5 Å². The number of rotatable bonds is 4. The first kappa shape index (κ1) is 21.2. The first-order valence-electron chi connectivity index (χ1n) is 9.69. The summed E-state index contributed by atoms with van der Waals surface area (Å²) in [4.78, 5) is 0.401. The summed E-state index contributed by atoms with van der Waals surface area (Å²) >= 11 is 0. The Morgan fingerprint density at radius 2 is 1.89 bits per heavy atom. The second kappa shape index (κ2) is 8.49. The average molecular weight is 426 g/mol. The number of hydrogen-bond donors (Lipinski definition) is 1. The van der Waals surface area contributed by atoms with E-state index in [1.54, 1.807) is 10.4 Å². The molecule has 0 spiro atoms. The molecule has 3 heterocycles. The SMILES string of the molecule is CC(C)c1cccc(S(=O)(=O)N2CCC(c3nnc4n3CCNC4)CC2)c1.Cl. The average Bonchev–Trinajstić information content (AvgIpc) is 3.12. The summed E-state index contributed by atoms with van der Waals surface area (Å²) in [6.45, 7) is 7.78. The van der Waals surface area contributed by atoms with Crippen LogP contribution in [0.4, 0.5) is 0 Å². The minimum Gasteiger partial charge on any atom is -0.312 e. The summed E-state index contributed by atoms with van der Waals surface area (Å²) in [5, 5.41) is 12.0. The van der Waals surface area contributed by atoms with Crippen LogP contribution in [-0.2, 0) is 23.1 Å². The highest BCUT2D eigenvalue weighted by Gasteiger charge is 2.32. The van der Waals surface area contributed by atoms with Crippen molar-refractivity contribution >= 4 is 22.4 Å². The van der Waals surface area contributed by atoms with Crippen molar-refractivity contribution in [3.63, 3.8) is 0 Å². The smallest absolute Gasteiger partial charge is 0.243 e. The van der Waals surface area contributed by atoms with Crippen LogP contribution in [0.2, 0.25) is 0 Å². The van der Waals surface area contributed by atoms with Crippen LogP contribution in [0.5, 0.6) is 0 Å². The molecule has 7 nitrogen and oxygen atoms in total. The van der Waals surface area contributed by atoms with Crippen molar-refractivity contribution in [3.8, 4) is 0 Å². The zero-order valence-corrected chi connectivity index (χ0v) is 18.0. The maximum atomic E-state index is 13.1. The van der Waals surface area contributed by atoms with Crippen molar-refractivity contribution in [2.45, 2.75) is 56.5 Å². The fourth-order valence-electron chi connectivity index (χ4n) is 3.95. The van der Waals surface area contributed by atoms with E-state index in [2.05, 4.69) is 33.9 Å². The highest BCUT2D eigenvalue weighted by atomic mass is 35.5. The molecule has 28 heavy (non-hydrogen) atoms. The van der Waals surface area contributed by atoms with Gasteiger partial charge in [0.2, 0.25) is 10.0 Å². The van der Waals surface area contributed by atoms with E-state index in [1.807, 2.05) is 18.2 Å². The molecule has 0 aliphatic carbocycles. The molecule has 2 aliphatic rings. The van der Waals surface area contributed by atoms with Gasteiger partial charge >= 0.3 is 0 Å². The molecule has 2 aromatic rings. The van der Waals surface area contributed by atoms with Crippen LogP contribution in [0.25, 0.3) is 0 Å². The normalized spacial score (nSPS) is 18.7. The summed E-state index contributed by atoms with van der Waals surface area (Å²) in [5.41, 5.74) is 1.05. The van der Waals surface area contributed by atoms with E-state index in [9.17, 15) is 8.42 Å². The molecule has 1 N–H and O–H groups in total. The number of hydrogen-bond acceptors (Lipinski definition) is 5. The molecule has 0 bridgehead atoms. The first-order chi connectivity index (χ1) is 13.0. The Balaban J connectivity index is 0.00000225. The molecular formula is C19H28ClN5O2S. The van der Waals surface area contributed by atoms with Gasteiger partial charge in [-0.3, -0.25) is 0 Å². The third kappa shape index (κ3) is 3.96. The highest BCUT2D eigenvalue weighted by Crippen LogP contribution is 2.31. The zero-order valence-electron chi connectivity index (χ0n) is 16.3. The van der Waals surface area contributed by atoms with Gasteiger partial charge in [-0.2, -0.15) is 4.31 Å². The van der Waals surface area contributed by atoms with E-state index in [1.165, 1.54) is 0 Å². The highest BCUT2D eigenvalue weighted by molar-refractivity contribution is 7.89. The number of nitrogens with zero attached hydrogens (tertiary/aromatic N) is 4. The molecule has 9 heteroatoms. The molecule has 0 amide bonds. The van der Waals surface area contributed by atoms with Crippen molar-refractivity contribution in [2.75, 3.05) is 19.6 Å². The van der Waals surface area contributed by atoms with Gasteiger partial charge in [0.25, 0.3) is 0 Å². The minimum atomic E-state index is -3.45. The quantitative estimate of drug-likeness (QED) is 0.813. The summed E-state index contributed by atoms with van der Waals surface area (Å²) in [6, 6.07) is 7.34. The molecular weight excluding hydrogens is 398 g/mol. The molecule has 1 fully saturated rings. The van der Waals surface area contributed by atoms with Gasteiger partial charge < -0.3 is 9.88 Å². The van der Waals surface area contributed by atoms with Gasteiger partial charge in [0.05, 0.1) is 11.4 Å². The van der Waals surface area contributed by atoms with Gasteiger partial charge in [0.15, 0.2) is 0 Å². The number of benzene rings is 1. The van der Waals surface area contributed by atoms with Crippen LogP contribution in [0.3, 0.4) is 0 Å². The Labute approximate surface area is 173 Å². The lowest BCUT2D eigenvalue weighted by Crippen LogP contribution is -2.38. The van der Waals surface area contributed by atoms with Crippen LogP contribution < -0.4 is 5.32 Å². The maximum Gasteiger partial charge on any atom is 0.243 e. The Kier molecular flexibility index (Phi) is 6.44. The molecule has 4 rings (SSSR count). The van der Waals surface area contributed by atoms with Crippen LogP contribution >= 0.6 is 12.4 Å².